The van der Waals surface area contributed by atoms with E-state index in [0.717, 1.165) is 5.56 Å². The number of nitrogen functional groups attached to an aromatic ring is 1. The van der Waals surface area contributed by atoms with E-state index in [1.807, 2.05) is 30.3 Å². The summed E-state index contributed by atoms with van der Waals surface area (Å²) in [4.78, 5) is 12.0. The van der Waals surface area contributed by atoms with Crippen molar-refractivity contribution in [2.24, 2.45) is 0 Å². The van der Waals surface area contributed by atoms with Crippen molar-refractivity contribution in [2.45, 2.75) is 6.10 Å². The molecule has 0 saturated heterocycles. The van der Waals surface area contributed by atoms with Crippen molar-refractivity contribution in [1.82, 2.24) is 5.32 Å². The van der Waals surface area contributed by atoms with Crippen LogP contribution >= 0.6 is 0 Å². The molecule has 2 rings (SSSR count). The van der Waals surface area contributed by atoms with Gasteiger partial charge in [0.05, 0.1) is 18.9 Å². The Balaban J connectivity index is 1.97. The summed E-state index contributed by atoms with van der Waals surface area (Å²) in [6, 6.07) is 14.0. The Morgan fingerprint density at radius 3 is 2.62 bits per heavy atom. The van der Waals surface area contributed by atoms with Gasteiger partial charge in [0.1, 0.15) is 5.75 Å². The highest BCUT2D eigenvalue weighted by molar-refractivity contribution is 5.95. The second-order valence-electron chi connectivity index (χ2n) is 4.59. The third kappa shape index (κ3) is 3.73. The smallest absolute Gasteiger partial charge is 0.251 e. The molecule has 110 valence electrons. The van der Waals surface area contributed by atoms with Crippen LogP contribution in [0.1, 0.15) is 22.0 Å². The molecule has 0 heterocycles. The Bertz CT molecular complexity index is 614. The van der Waals surface area contributed by atoms with Crippen LogP contribution in [0.25, 0.3) is 0 Å². The fraction of sp³-hybridized carbons (Fsp3) is 0.188. The summed E-state index contributed by atoms with van der Waals surface area (Å²) in [5.41, 5.74) is 7.34. The molecule has 5 heteroatoms. The number of amides is 1. The Morgan fingerprint density at radius 1 is 1.29 bits per heavy atom. The van der Waals surface area contributed by atoms with Crippen LogP contribution in [0.2, 0.25) is 0 Å². The lowest BCUT2D eigenvalue weighted by Gasteiger charge is -2.13. The standard InChI is InChI=1S/C16H18N2O3/c1-21-15-8-7-12(9-13(15)17)16(20)18-10-14(19)11-5-3-2-4-6-11/h2-9,14,19H,10,17H2,1H3,(H,18,20). The predicted octanol–water partition coefficient (Wildman–Crippen LogP) is 1.74. The summed E-state index contributed by atoms with van der Waals surface area (Å²) in [5.74, 6) is 0.232. The normalized spacial score (nSPS) is 11.7. The molecule has 0 saturated carbocycles. The summed E-state index contributed by atoms with van der Waals surface area (Å²) in [5, 5.41) is 12.7. The molecule has 2 aromatic carbocycles. The number of carbonyl (C=O) groups is 1. The Morgan fingerprint density at radius 2 is 2.00 bits per heavy atom. The lowest BCUT2D eigenvalue weighted by atomic mass is 10.1. The molecule has 0 fully saturated rings. The maximum Gasteiger partial charge on any atom is 0.251 e. The van der Waals surface area contributed by atoms with Gasteiger partial charge in [0.25, 0.3) is 5.91 Å². The molecule has 1 unspecified atom stereocenters. The number of aliphatic hydroxyl groups is 1. The number of aliphatic hydroxyl groups excluding tert-OH is 1. The zero-order valence-corrected chi connectivity index (χ0v) is 11.7. The lowest BCUT2D eigenvalue weighted by Crippen LogP contribution is -2.28. The van der Waals surface area contributed by atoms with Gasteiger partial charge in [-0.15, -0.1) is 0 Å². The fourth-order valence-electron chi connectivity index (χ4n) is 1.96. The average Bonchev–Trinajstić information content (AvgIpc) is 2.53. The van der Waals surface area contributed by atoms with E-state index in [4.69, 9.17) is 10.5 Å². The van der Waals surface area contributed by atoms with E-state index in [0.29, 0.717) is 17.0 Å². The van der Waals surface area contributed by atoms with Crippen molar-refractivity contribution < 1.29 is 14.6 Å². The van der Waals surface area contributed by atoms with E-state index in [1.165, 1.54) is 7.11 Å². The number of ether oxygens (including phenoxy) is 1. The summed E-state index contributed by atoms with van der Waals surface area (Å²) in [6.07, 6.45) is -0.745. The number of nitrogens with one attached hydrogen (secondary N) is 1. The number of rotatable bonds is 5. The molecule has 5 nitrogen and oxygen atoms in total. The van der Waals surface area contributed by atoms with Crippen molar-refractivity contribution in [3.8, 4) is 5.75 Å². The molecule has 0 radical (unpaired) electrons. The van der Waals surface area contributed by atoms with Crippen LogP contribution in [0.5, 0.6) is 5.75 Å². The third-order valence-electron chi connectivity index (χ3n) is 3.13. The summed E-state index contributed by atoms with van der Waals surface area (Å²) in [7, 11) is 1.52. The molecule has 1 amide bonds. The van der Waals surface area contributed by atoms with E-state index in [-0.39, 0.29) is 12.5 Å². The number of hydrogen-bond donors (Lipinski definition) is 3. The molecule has 1 atom stereocenters. The second-order valence-corrected chi connectivity index (χ2v) is 4.59. The van der Waals surface area contributed by atoms with E-state index in [2.05, 4.69) is 5.32 Å². The summed E-state index contributed by atoms with van der Waals surface area (Å²) < 4.78 is 5.04. The molecule has 0 aliphatic rings. The van der Waals surface area contributed by atoms with Gasteiger partial charge in [-0.2, -0.15) is 0 Å². The quantitative estimate of drug-likeness (QED) is 0.731. The Kier molecular flexibility index (Phi) is 4.79. The minimum absolute atomic E-state index is 0.134. The summed E-state index contributed by atoms with van der Waals surface area (Å²) in [6.45, 7) is 0.134. The highest BCUT2D eigenvalue weighted by Gasteiger charge is 2.11. The predicted molar refractivity (Wildman–Crippen MR) is 81.1 cm³/mol. The van der Waals surface area contributed by atoms with Crippen LogP contribution < -0.4 is 15.8 Å². The number of carbonyl (C=O) groups excluding carboxylic acids is 1. The van der Waals surface area contributed by atoms with Gasteiger partial charge in [0.15, 0.2) is 0 Å². The Labute approximate surface area is 123 Å². The third-order valence-corrected chi connectivity index (χ3v) is 3.13. The first-order valence-corrected chi connectivity index (χ1v) is 6.56. The molecular formula is C16H18N2O3. The Hall–Kier alpha value is -2.53. The van der Waals surface area contributed by atoms with Gasteiger partial charge in [-0.25, -0.2) is 0 Å². The highest BCUT2D eigenvalue weighted by Crippen LogP contribution is 2.21. The molecule has 0 aliphatic carbocycles. The average molecular weight is 286 g/mol. The van der Waals surface area contributed by atoms with Crippen molar-refractivity contribution >= 4 is 11.6 Å². The molecule has 0 aliphatic heterocycles. The first-order valence-electron chi connectivity index (χ1n) is 6.56. The van der Waals surface area contributed by atoms with Gasteiger partial charge in [0.2, 0.25) is 0 Å². The zero-order chi connectivity index (χ0) is 15.2. The molecule has 0 aromatic heterocycles. The SMILES string of the molecule is COc1ccc(C(=O)NCC(O)c2ccccc2)cc1N. The highest BCUT2D eigenvalue weighted by atomic mass is 16.5. The van der Waals surface area contributed by atoms with E-state index < -0.39 is 6.10 Å². The van der Waals surface area contributed by atoms with E-state index in [9.17, 15) is 9.90 Å². The maximum absolute atomic E-state index is 12.0. The van der Waals surface area contributed by atoms with Gasteiger partial charge in [-0.1, -0.05) is 30.3 Å². The van der Waals surface area contributed by atoms with Crippen LogP contribution in [0.4, 0.5) is 5.69 Å². The van der Waals surface area contributed by atoms with Crippen molar-refractivity contribution in [2.75, 3.05) is 19.4 Å². The molecular weight excluding hydrogens is 268 g/mol. The topological polar surface area (TPSA) is 84.6 Å². The first kappa shape index (κ1) is 14.9. The van der Waals surface area contributed by atoms with Crippen molar-refractivity contribution in [3.63, 3.8) is 0 Å². The van der Waals surface area contributed by atoms with Crippen LogP contribution in [0, 0.1) is 0 Å². The van der Waals surface area contributed by atoms with Gasteiger partial charge in [-0.05, 0) is 23.8 Å². The van der Waals surface area contributed by atoms with Gasteiger partial charge < -0.3 is 20.9 Å². The van der Waals surface area contributed by atoms with Crippen LogP contribution in [0.3, 0.4) is 0 Å². The molecule has 21 heavy (non-hydrogen) atoms. The second kappa shape index (κ2) is 6.76. The van der Waals surface area contributed by atoms with E-state index in [1.54, 1.807) is 18.2 Å². The van der Waals surface area contributed by atoms with Crippen LogP contribution in [-0.4, -0.2) is 24.7 Å². The van der Waals surface area contributed by atoms with Crippen molar-refractivity contribution in [3.05, 3.63) is 59.7 Å². The van der Waals surface area contributed by atoms with Crippen molar-refractivity contribution in [1.29, 1.82) is 0 Å². The maximum atomic E-state index is 12.0. The van der Waals surface area contributed by atoms with Crippen LogP contribution in [-0.2, 0) is 0 Å². The van der Waals surface area contributed by atoms with Gasteiger partial charge in [0, 0.05) is 12.1 Å². The minimum atomic E-state index is -0.745. The lowest BCUT2D eigenvalue weighted by molar-refractivity contribution is 0.0916. The number of anilines is 1. The molecule has 2 aromatic rings. The van der Waals surface area contributed by atoms with Gasteiger partial charge >= 0.3 is 0 Å². The zero-order valence-electron chi connectivity index (χ0n) is 11.7. The monoisotopic (exact) mass is 286 g/mol. The number of hydrogen-bond acceptors (Lipinski definition) is 4. The number of methoxy groups -OCH3 is 1. The number of benzene rings is 2. The fourth-order valence-corrected chi connectivity index (χ4v) is 1.96. The minimum Gasteiger partial charge on any atom is -0.495 e. The van der Waals surface area contributed by atoms with Gasteiger partial charge in [-0.3, -0.25) is 4.79 Å². The van der Waals surface area contributed by atoms with Crippen LogP contribution in [0.15, 0.2) is 48.5 Å². The molecule has 0 bridgehead atoms. The van der Waals surface area contributed by atoms with E-state index >= 15 is 0 Å². The summed E-state index contributed by atoms with van der Waals surface area (Å²) >= 11 is 0. The molecule has 0 spiro atoms. The largest absolute Gasteiger partial charge is 0.495 e. The number of nitrogens with two attached hydrogens (primary N) is 1. The first-order chi connectivity index (χ1) is 10.1. The molecule has 4 N–H and O–H groups in total.